The van der Waals surface area contributed by atoms with Crippen molar-refractivity contribution < 1.29 is 19.1 Å². The molecule has 0 bridgehead atoms. The van der Waals surface area contributed by atoms with Gasteiger partial charge in [-0.2, -0.15) is 0 Å². The number of hydrogen-bond donors (Lipinski definition) is 1. The summed E-state index contributed by atoms with van der Waals surface area (Å²) in [6.07, 6.45) is 0.694. The number of piperidine rings is 1. The molecule has 2 heterocycles. The van der Waals surface area contributed by atoms with E-state index in [2.05, 4.69) is 5.32 Å². The molecule has 3 amide bonds. The highest BCUT2D eigenvalue weighted by Crippen LogP contribution is 2.34. The number of hydrogen-bond acceptors (Lipinski definition) is 5. The second-order valence-corrected chi connectivity index (χ2v) is 8.46. The number of benzene rings is 2. The number of nitrogens with zero attached hydrogens (tertiary/aromatic N) is 2. The molecule has 2 aromatic rings. The maximum Gasteiger partial charge on any atom is 0.409 e. The summed E-state index contributed by atoms with van der Waals surface area (Å²) in [5.41, 5.74) is 4.24. The second kappa shape index (κ2) is 9.48. The summed E-state index contributed by atoms with van der Waals surface area (Å²) < 4.78 is 5.08. The minimum Gasteiger partial charge on any atom is -0.450 e. The first-order valence-electron chi connectivity index (χ1n) is 11.3. The smallest absolute Gasteiger partial charge is 0.409 e. The molecule has 0 radical (unpaired) electrons. The van der Waals surface area contributed by atoms with Crippen LogP contribution in [0, 0.1) is 13.8 Å². The van der Waals surface area contributed by atoms with Gasteiger partial charge in [0.25, 0.3) is 11.8 Å². The van der Waals surface area contributed by atoms with Crippen LogP contribution in [0.25, 0.3) is 5.57 Å². The Kier molecular flexibility index (Phi) is 6.49. The lowest BCUT2D eigenvalue weighted by Gasteiger charge is -2.35. The lowest BCUT2D eigenvalue weighted by molar-refractivity contribution is -0.140. The Hall–Kier alpha value is -3.61. The van der Waals surface area contributed by atoms with Crippen LogP contribution in [0.5, 0.6) is 0 Å². The van der Waals surface area contributed by atoms with Crippen LogP contribution < -0.4 is 5.32 Å². The minimum atomic E-state index is -0.351. The third-order valence-corrected chi connectivity index (χ3v) is 6.19. The highest BCUT2D eigenvalue weighted by molar-refractivity contribution is 6.36. The van der Waals surface area contributed by atoms with Gasteiger partial charge in [-0.15, -0.1) is 0 Å². The van der Waals surface area contributed by atoms with E-state index in [0.29, 0.717) is 49.4 Å². The Balaban J connectivity index is 1.63. The molecule has 2 aliphatic rings. The first kappa shape index (κ1) is 22.6. The molecule has 0 aromatic heterocycles. The normalized spacial score (nSPS) is 17.1. The van der Waals surface area contributed by atoms with E-state index in [9.17, 15) is 14.4 Å². The van der Waals surface area contributed by atoms with Crippen LogP contribution in [0.3, 0.4) is 0 Å². The number of likely N-dealkylation sites (tertiary alicyclic amines) is 1. The van der Waals surface area contributed by atoms with Crippen LogP contribution in [-0.4, -0.2) is 53.4 Å². The number of amides is 3. The van der Waals surface area contributed by atoms with Crippen molar-refractivity contribution in [2.24, 2.45) is 0 Å². The monoisotopic (exact) mass is 447 g/mol. The molecule has 7 nitrogen and oxygen atoms in total. The number of ether oxygens (including phenoxy) is 1. The van der Waals surface area contributed by atoms with Gasteiger partial charge in [0.05, 0.1) is 12.2 Å². The molecule has 1 N–H and O–H groups in total. The van der Waals surface area contributed by atoms with Crippen LogP contribution in [-0.2, 0) is 14.3 Å². The SMILES string of the molecule is CCOC(=O)N1CCC(N2C(=O)C(Nc3cc(C)ccc3C)=C(c3ccccc3)C2=O)CC1. The zero-order chi connectivity index (χ0) is 23.5. The maximum atomic E-state index is 13.6. The Labute approximate surface area is 194 Å². The van der Waals surface area contributed by atoms with Gasteiger partial charge in [0, 0.05) is 24.8 Å². The van der Waals surface area contributed by atoms with Crippen molar-refractivity contribution in [1.82, 2.24) is 9.80 Å². The van der Waals surface area contributed by atoms with Crippen molar-refractivity contribution in [3.05, 3.63) is 70.9 Å². The number of carbonyl (C=O) groups is 3. The molecule has 0 atom stereocenters. The average Bonchev–Trinajstić information content (AvgIpc) is 3.06. The first-order chi connectivity index (χ1) is 15.9. The Morgan fingerprint density at radius 3 is 2.39 bits per heavy atom. The number of nitrogens with one attached hydrogen (secondary N) is 1. The van der Waals surface area contributed by atoms with Crippen molar-refractivity contribution in [3.8, 4) is 0 Å². The summed E-state index contributed by atoms with van der Waals surface area (Å²) in [5, 5.41) is 3.27. The maximum absolute atomic E-state index is 13.6. The summed E-state index contributed by atoms with van der Waals surface area (Å²) in [4.78, 5) is 42.2. The summed E-state index contributed by atoms with van der Waals surface area (Å²) in [7, 11) is 0. The van der Waals surface area contributed by atoms with Gasteiger partial charge in [0.15, 0.2) is 0 Å². The van der Waals surface area contributed by atoms with Crippen molar-refractivity contribution in [3.63, 3.8) is 0 Å². The molecule has 0 saturated carbocycles. The highest BCUT2D eigenvalue weighted by atomic mass is 16.6. The minimum absolute atomic E-state index is 0.271. The van der Waals surface area contributed by atoms with E-state index in [1.165, 1.54) is 4.90 Å². The molecule has 1 saturated heterocycles. The van der Waals surface area contributed by atoms with Gasteiger partial charge in [-0.1, -0.05) is 42.5 Å². The summed E-state index contributed by atoms with van der Waals surface area (Å²) >= 11 is 0. The molecule has 2 aromatic carbocycles. The molecular weight excluding hydrogens is 418 g/mol. The van der Waals surface area contributed by atoms with E-state index in [0.717, 1.165) is 16.8 Å². The summed E-state index contributed by atoms with van der Waals surface area (Å²) in [6.45, 7) is 6.94. The van der Waals surface area contributed by atoms with Gasteiger partial charge in [-0.25, -0.2) is 4.79 Å². The average molecular weight is 448 g/mol. The molecule has 0 unspecified atom stereocenters. The van der Waals surface area contributed by atoms with Gasteiger partial charge in [0.1, 0.15) is 5.70 Å². The molecular formula is C26H29N3O4. The molecule has 2 aliphatic heterocycles. The van der Waals surface area contributed by atoms with Crippen LogP contribution >= 0.6 is 0 Å². The molecule has 4 rings (SSSR count). The standard InChI is InChI=1S/C26H29N3O4/c1-4-33-26(32)28-14-12-20(13-15-28)29-24(30)22(19-8-6-5-7-9-19)23(25(29)31)27-21-16-17(2)10-11-18(21)3/h5-11,16,20,27H,4,12-15H2,1-3H3. The van der Waals surface area contributed by atoms with E-state index in [1.54, 1.807) is 11.8 Å². The zero-order valence-corrected chi connectivity index (χ0v) is 19.3. The van der Waals surface area contributed by atoms with Gasteiger partial charge >= 0.3 is 6.09 Å². The molecule has 1 fully saturated rings. The number of anilines is 1. The van der Waals surface area contributed by atoms with E-state index < -0.39 is 0 Å². The van der Waals surface area contributed by atoms with Crippen LogP contribution in [0.1, 0.15) is 36.5 Å². The Bertz CT molecular complexity index is 1100. The van der Waals surface area contributed by atoms with Gasteiger partial charge in [-0.05, 0) is 56.4 Å². The van der Waals surface area contributed by atoms with Crippen LogP contribution in [0.15, 0.2) is 54.2 Å². The quantitative estimate of drug-likeness (QED) is 0.698. The van der Waals surface area contributed by atoms with Crippen molar-refractivity contribution >= 4 is 29.2 Å². The van der Waals surface area contributed by atoms with E-state index in [4.69, 9.17) is 4.74 Å². The molecule has 0 aliphatic carbocycles. The largest absolute Gasteiger partial charge is 0.450 e. The molecule has 0 spiro atoms. The lowest BCUT2D eigenvalue weighted by Crippen LogP contribution is -2.49. The van der Waals surface area contributed by atoms with Gasteiger partial charge < -0.3 is 15.0 Å². The third kappa shape index (κ3) is 4.49. The fraction of sp³-hybridized carbons (Fsp3) is 0.346. The summed E-state index contributed by atoms with van der Waals surface area (Å²) in [5.74, 6) is -0.622. The number of imide groups is 1. The lowest BCUT2D eigenvalue weighted by atomic mass is 10.0. The van der Waals surface area contributed by atoms with E-state index >= 15 is 0 Å². The Morgan fingerprint density at radius 1 is 1.03 bits per heavy atom. The molecule has 33 heavy (non-hydrogen) atoms. The van der Waals surface area contributed by atoms with Crippen molar-refractivity contribution in [2.75, 3.05) is 25.0 Å². The van der Waals surface area contributed by atoms with Crippen LogP contribution in [0.4, 0.5) is 10.5 Å². The Morgan fingerprint density at radius 2 is 1.73 bits per heavy atom. The number of rotatable bonds is 5. The predicted octanol–water partition coefficient (Wildman–Crippen LogP) is 4.12. The summed E-state index contributed by atoms with van der Waals surface area (Å²) in [6, 6.07) is 15.0. The van der Waals surface area contributed by atoms with Crippen molar-refractivity contribution in [2.45, 2.75) is 39.7 Å². The predicted molar refractivity (Wildman–Crippen MR) is 126 cm³/mol. The van der Waals surface area contributed by atoms with Gasteiger partial charge in [-0.3, -0.25) is 14.5 Å². The first-order valence-corrected chi connectivity index (χ1v) is 11.3. The third-order valence-electron chi connectivity index (χ3n) is 6.19. The number of aryl methyl sites for hydroxylation is 2. The fourth-order valence-corrected chi connectivity index (χ4v) is 4.39. The van der Waals surface area contributed by atoms with Crippen molar-refractivity contribution in [1.29, 1.82) is 0 Å². The van der Waals surface area contributed by atoms with E-state index in [1.807, 2.05) is 62.4 Å². The molecule has 7 heteroatoms. The van der Waals surface area contributed by atoms with E-state index in [-0.39, 0.29) is 23.9 Å². The molecule has 172 valence electrons. The fourth-order valence-electron chi connectivity index (χ4n) is 4.39. The zero-order valence-electron chi connectivity index (χ0n) is 19.3. The second-order valence-electron chi connectivity index (χ2n) is 8.46. The van der Waals surface area contributed by atoms with Crippen LogP contribution in [0.2, 0.25) is 0 Å². The number of carbonyl (C=O) groups excluding carboxylic acids is 3. The highest BCUT2D eigenvalue weighted by Gasteiger charge is 2.44. The van der Waals surface area contributed by atoms with Gasteiger partial charge in [0.2, 0.25) is 0 Å². The topological polar surface area (TPSA) is 79.0 Å².